The highest BCUT2D eigenvalue weighted by Gasteiger charge is 2.41. The van der Waals surface area contributed by atoms with Crippen LogP contribution in [0.1, 0.15) is 38.8 Å². The van der Waals surface area contributed by atoms with E-state index in [1.54, 1.807) is 18.9 Å². The Labute approximate surface area is 187 Å². The third-order valence-electron chi connectivity index (χ3n) is 4.83. The van der Waals surface area contributed by atoms with E-state index in [1.807, 2.05) is 18.2 Å². The first-order valence-corrected chi connectivity index (χ1v) is 11.2. The number of amides is 1. The van der Waals surface area contributed by atoms with Crippen molar-refractivity contribution in [3.63, 3.8) is 0 Å². The van der Waals surface area contributed by atoms with Crippen LogP contribution in [0.4, 0.5) is 0 Å². The lowest BCUT2D eigenvalue weighted by Crippen LogP contribution is -2.45. The van der Waals surface area contributed by atoms with Gasteiger partial charge in [0.2, 0.25) is 5.91 Å². The lowest BCUT2D eigenvalue weighted by molar-refractivity contribution is -0.139. The summed E-state index contributed by atoms with van der Waals surface area (Å²) in [6.45, 7) is 10.1. The lowest BCUT2D eigenvalue weighted by Gasteiger charge is -2.39. The summed E-state index contributed by atoms with van der Waals surface area (Å²) in [5.41, 5.74) is 1.59. The highest BCUT2D eigenvalue weighted by molar-refractivity contribution is 8.14. The first-order chi connectivity index (χ1) is 14.9. The van der Waals surface area contributed by atoms with Gasteiger partial charge in [0.15, 0.2) is 16.7 Å². The summed E-state index contributed by atoms with van der Waals surface area (Å²) in [7, 11) is 1.57. The summed E-state index contributed by atoms with van der Waals surface area (Å²) in [4.78, 5) is 31.9. The predicted molar refractivity (Wildman–Crippen MR) is 121 cm³/mol. The van der Waals surface area contributed by atoms with Gasteiger partial charge in [0.05, 0.1) is 31.0 Å². The number of thioether (sulfide) groups is 1. The Morgan fingerprint density at radius 2 is 2.16 bits per heavy atom. The molecule has 0 radical (unpaired) electrons. The molecule has 2 aliphatic rings. The second-order valence-electron chi connectivity index (χ2n) is 7.66. The van der Waals surface area contributed by atoms with Crippen LogP contribution in [0.5, 0.6) is 11.5 Å². The molecular weight excluding hydrogens is 416 g/mol. The van der Waals surface area contributed by atoms with E-state index in [0.29, 0.717) is 52.6 Å². The van der Waals surface area contributed by atoms with E-state index in [2.05, 4.69) is 25.4 Å². The number of nitrogens with zero attached hydrogens (tertiary/aromatic N) is 2. The zero-order chi connectivity index (χ0) is 22.5. The molecule has 0 aromatic heterocycles. The second kappa shape index (κ2) is 10.0. The summed E-state index contributed by atoms with van der Waals surface area (Å²) in [5.74, 6) is 1.57. The SMILES string of the molecule is C=CCOC(=O)C1=C(C)N=C2SCCC(=O)N2[C@@H]1c1ccc(OCC(C)C)c(OC)c1. The Morgan fingerprint density at radius 1 is 1.39 bits per heavy atom. The average molecular weight is 445 g/mol. The molecule has 2 heterocycles. The van der Waals surface area contributed by atoms with E-state index in [4.69, 9.17) is 14.2 Å². The van der Waals surface area contributed by atoms with Crippen molar-refractivity contribution >= 4 is 28.8 Å². The Balaban J connectivity index is 2.07. The molecule has 0 N–H and O–H groups in total. The number of rotatable bonds is 8. The van der Waals surface area contributed by atoms with Crippen molar-refractivity contribution in [1.29, 1.82) is 0 Å². The minimum atomic E-state index is -0.654. The fraction of sp³-hybridized carbons (Fsp3) is 0.435. The first kappa shape index (κ1) is 22.9. The monoisotopic (exact) mass is 444 g/mol. The van der Waals surface area contributed by atoms with E-state index in [9.17, 15) is 9.59 Å². The third kappa shape index (κ3) is 4.95. The fourth-order valence-electron chi connectivity index (χ4n) is 3.41. The molecule has 31 heavy (non-hydrogen) atoms. The molecule has 166 valence electrons. The number of fused-ring (bicyclic) bond motifs is 1. The van der Waals surface area contributed by atoms with Crippen LogP contribution in [0.2, 0.25) is 0 Å². The van der Waals surface area contributed by atoms with Gasteiger partial charge in [0.25, 0.3) is 0 Å². The maximum absolute atomic E-state index is 12.9. The van der Waals surface area contributed by atoms with Gasteiger partial charge in [0, 0.05) is 12.2 Å². The topological polar surface area (TPSA) is 77.4 Å². The molecule has 8 heteroatoms. The summed E-state index contributed by atoms with van der Waals surface area (Å²) >= 11 is 1.51. The molecule has 1 atom stereocenters. The van der Waals surface area contributed by atoms with Crippen LogP contribution in [-0.2, 0) is 14.3 Å². The summed E-state index contributed by atoms with van der Waals surface area (Å²) in [6, 6.07) is 4.82. The van der Waals surface area contributed by atoms with Crippen LogP contribution in [0.15, 0.2) is 47.1 Å². The fourth-order valence-corrected chi connectivity index (χ4v) is 4.42. The van der Waals surface area contributed by atoms with Crippen LogP contribution >= 0.6 is 11.8 Å². The molecule has 0 unspecified atom stereocenters. The highest BCUT2D eigenvalue weighted by atomic mass is 32.2. The molecule has 0 aliphatic carbocycles. The number of carbonyl (C=O) groups is 2. The van der Waals surface area contributed by atoms with Crippen molar-refractivity contribution in [2.24, 2.45) is 10.9 Å². The second-order valence-corrected chi connectivity index (χ2v) is 8.72. The molecule has 1 fully saturated rings. The molecule has 0 bridgehead atoms. The van der Waals surface area contributed by atoms with Crippen LogP contribution in [0.3, 0.4) is 0 Å². The molecule has 1 aromatic carbocycles. The first-order valence-electron chi connectivity index (χ1n) is 10.2. The van der Waals surface area contributed by atoms with Gasteiger partial charge >= 0.3 is 5.97 Å². The van der Waals surface area contributed by atoms with E-state index in [0.717, 1.165) is 5.56 Å². The number of esters is 1. The van der Waals surface area contributed by atoms with Crippen LogP contribution in [0, 0.1) is 5.92 Å². The largest absolute Gasteiger partial charge is 0.493 e. The molecule has 0 spiro atoms. The van der Waals surface area contributed by atoms with Crippen molar-refractivity contribution in [2.75, 3.05) is 26.1 Å². The third-order valence-corrected chi connectivity index (χ3v) is 5.79. The van der Waals surface area contributed by atoms with Crippen LogP contribution in [-0.4, -0.2) is 48.0 Å². The molecule has 7 nitrogen and oxygen atoms in total. The van der Waals surface area contributed by atoms with E-state index >= 15 is 0 Å². The van der Waals surface area contributed by atoms with Crippen molar-refractivity contribution < 1.29 is 23.8 Å². The quantitative estimate of drug-likeness (QED) is 0.444. The Hall–Kier alpha value is -2.74. The normalized spacial score (nSPS) is 18.5. The number of methoxy groups -OCH3 is 1. The summed E-state index contributed by atoms with van der Waals surface area (Å²) in [6.07, 6.45) is 1.88. The number of allylic oxidation sites excluding steroid dienone is 1. The van der Waals surface area contributed by atoms with Crippen molar-refractivity contribution in [3.8, 4) is 11.5 Å². The molecule has 1 saturated heterocycles. The number of benzene rings is 1. The predicted octanol–water partition coefficient (Wildman–Crippen LogP) is 4.11. The van der Waals surface area contributed by atoms with E-state index < -0.39 is 12.0 Å². The van der Waals surface area contributed by atoms with Crippen LogP contribution < -0.4 is 9.47 Å². The van der Waals surface area contributed by atoms with Crippen LogP contribution in [0.25, 0.3) is 0 Å². The van der Waals surface area contributed by atoms with Gasteiger partial charge in [-0.15, -0.1) is 0 Å². The summed E-state index contributed by atoms with van der Waals surface area (Å²) in [5, 5.41) is 0.595. The number of hydrogen-bond donors (Lipinski definition) is 0. The maximum Gasteiger partial charge on any atom is 0.338 e. The average Bonchev–Trinajstić information content (AvgIpc) is 2.75. The Morgan fingerprint density at radius 3 is 2.84 bits per heavy atom. The zero-order valence-electron chi connectivity index (χ0n) is 18.3. The number of aliphatic imine (C=N–C) groups is 1. The molecular formula is C23H28N2O5S. The molecule has 2 aliphatic heterocycles. The number of hydrogen-bond acceptors (Lipinski definition) is 7. The van der Waals surface area contributed by atoms with Gasteiger partial charge in [-0.25, -0.2) is 9.79 Å². The van der Waals surface area contributed by atoms with Gasteiger partial charge in [0.1, 0.15) is 6.61 Å². The number of amidine groups is 1. The minimum Gasteiger partial charge on any atom is -0.493 e. The van der Waals surface area contributed by atoms with Gasteiger partial charge in [-0.2, -0.15) is 0 Å². The summed E-state index contributed by atoms with van der Waals surface area (Å²) < 4.78 is 16.7. The standard InChI is InChI=1S/C23H28N2O5S/c1-6-10-29-22(27)20-15(4)24-23-25(19(26)9-11-31-23)21(20)16-7-8-17(18(12-16)28-5)30-13-14(2)3/h6-8,12,14,21H,1,9-11,13H2,2-5H3/t21-/m1/s1. The molecule has 1 aromatic rings. The van der Waals surface area contributed by atoms with Gasteiger partial charge < -0.3 is 14.2 Å². The van der Waals surface area contributed by atoms with E-state index in [-0.39, 0.29) is 12.5 Å². The van der Waals surface area contributed by atoms with Gasteiger partial charge in [-0.1, -0.05) is 44.3 Å². The molecule has 0 saturated carbocycles. The zero-order valence-corrected chi connectivity index (χ0v) is 19.2. The highest BCUT2D eigenvalue weighted by Crippen LogP contribution is 2.42. The van der Waals surface area contributed by atoms with Crippen molar-refractivity contribution in [1.82, 2.24) is 4.90 Å². The number of ether oxygens (including phenoxy) is 3. The van der Waals surface area contributed by atoms with E-state index in [1.165, 1.54) is 17.8 Å². The maximum atomic E-state index is 12.9. The lowest BCUT2D eigenvalue weighted by atomic mass is 9.93. The van der Waals surface area contributed by atoms with Crippen molar-refractivity contribution in [3.05, 3.63) is 47.7 Å². The minimum absolute atomic E-state index is 0.0763. The molecule has 1 amide bonds. The Kier molecular flexibility index (Phi) is 7.43. The smallest absolute Gasteiger partial charge is 0.338 e. The Bertz CT molecular complexity index is 938. The van der Waals surface area contributed by atoms with Crippen molar-refractivity contribution in [2.45, 2.75) is 33.2 Å². The number of carbonyl (C=O) groups excluding carboxylic acids is 2. The van der Waals surface area contributed by atoms with Gasteiger partial charge in [-0.3, -0.25) is 9.69 Å². The van der Waals surface area contributed by atoms with Gasteiger partial charge in [-0.05, 0) is 30.5 Å². The molecule has 3 rings (SSSR count).